The Morgan fingerprint density at radius 2 is 1.68 bits per heavy atom. The Hall–Kier alpha value is -2.27. The molecule has 2 aliphatic heterocycles. The first-order valence-corrected chi connectivity index (χ1v) is 10.5. The van der Waals surface area contributed by atoms with Crippen molar-refractivity contribution in [2.45, 2.75) is 26.2 Å². The number of likely N-dealkylation sites (tertiary alicyclic amines) is 1. The molecular weight excluding hydrogens is 372 g/mol. The SMILES string of the molecule is Cc1cccc(N2CCN(c3ncc(C(=O)N4CCCCC4)cc3Cl)CC2)c1. The minimum atomic E-state index is 0.0462. The number of aryl methyl sites for hydroxylation is 1. The molecule has 1 aromatic heterocycles. The summed E-state index contributed by atoms with van der Waals surface area (Å²) in [6.07, 6.45) is 5.05. The summed E-state index contributed by atoms with van der Waals surface area (Å²) < 4.78 is 0. The van der Waals surface area contributed by atoms with E-state index in [1.807, 2.05) is 4.90 Å². The van der Waals surface area contributed by atoms with Crippen molar-refractivity contribution in [3.05, 3.63) is 52.7 Å². The van der Waals surface area contributed by atoms with Crippen LogP contribution in [0.2, 0.25) is 5.02 Å². The molecule has 0 unspecified atom stereocenters. The van der Waals surface area contributed by atoms with Crippen molar-refractivity contribution in [1.82, 2.24) is 9.88 Å². The van der Waals surface area contributed by atoms with E-state index < -0.39 is 0 Å². The van der Waals surface area contributed by atoms with E-state index in [9.17, 15) is 4.79 Å². The Morgan fingerprint density at radius 3 is 2.36 bits per heavy atom. The lowest BCUT2D eigenvalue weighted by molar-refractivity contribution is 0.0724. The fraction of sp³-hybridized carbons (Fsp3) is 0.455. The highest BCUT2D eigenvalue weighted by atomic mass is 35.5. The van der Waals surface area contributed by atoms with E-state index >= 15 is 0 Å². The van der Waals surface area contributed by atoms with E-state index in [0.29, 0.717) is 10.6 Å². The summed E-state index contributed by atoms with van der Waals surface area (Å²) in [7, 11) is 0. The van der Waals surface area contributed by atoms with E-state index in [1.165, 1.54) is 17.7 Å². The predicted molar refractivity (Wildman–Crippen MR) is 115 cm³/mol. The molecule has 0 atom stereocenters. The van der Waals surface area contributed by atoms with Crippen LogP contribution in [0.1, 0.15) is 35.2 Å². The smallest absolute Gasteiger partial charge is 0.255 e. The number of rotatable bonds is 3. The van der Waals surface area contributed by atoms with Crippen LogP contribution in [0, 0.1) is 6.92 Å². The number of amides is 1. The van der Waals surface area contributed by atoms with Gasteiger partial charge < -0.3 is 14.7 Å². The third-order valence-corrected chi connectivity index (χ3v) is 5.94. The first-order chi connectivity index (χ1) is 13.6. The average molecular weight is 399 g/mol. The molecule has 0 bridgehead atoms. The standard InChI is InChI=1S/C22H27ClN4O/c1-17-6-5-7-19(14-17)25-10-12-26(13-11-25)21-20(23)15-18(16-24-21)22(28)27-8-3-2-4-9-27/h5-7,14-16H,2-4,8-13H2,1H3. The number of benzene rings is 1. The molecule has 148 valence electrons. The zero-order valence-electron chi connectivity index (χ0n) is 16.4. The molecule has 2 fully saturated rings. The Kier molecular flexibility index (Phi) is 5.72. The highest BCUT2D eigenvalue weighted by molar-refractivity contribution is 6.33. The van der Waals surface area contributed by atoms with Crippen molar-refractivity contribution in [2.24, 2.45) is 0 Å². The number of carbonyl (C=O) groups excluding carboxylic acids is 1. The number of nitrogens with zero attached hydrogens (tertiary/aromatic N) is 4. The number of aromatic nitrogens is 1. The molecular formula is C22H27ClN4O. The topological polar surface area (TPSA) is 39.7 Å². The molecule has 1 aromatic carbocycles. The quantitative estimate of drug-likeness (QED) is 0.783. The van der Waals surface area contributed by atoms with Gasteiger partial charge in [0.25, 0.3) is 5.91 Å². The molecule has 2 saturated heterocycles. The van der Waals surface area contributed by atoms with Crippen LogP contribution in [0.3, 0.4) is 0 Å². The van der Waals surface area contributed by atoms with Crippen LogP contribution in [0.15, 0.2) is 36.5 Å². The van der Waals surface area contributed by atoms with Crippen LogP contribution < -0.4 is 9.80 Å². The van der Waals surface area contributed by atoms with Crippen LogP contribution in [0.4, 0.5) is 11.5 Å². The van der Waals surface area contributed by atoms with Gasteiger partial charge in [-0.05, 0) is 49.9 Å². The van der Waals surface area contributed by atoms with Gasteiger partial charge in [-0.1, -0.05) is 23.7 Å². The highest BCUT2D eigenvalue weighted by Gasteiger charge is 2.23. The fourth-order valence-electron chi connectivity index (χ4n) is 4.06. The molecule has 28 heavy (non-hydrogen) atoms. The molecule has 0 aliphatic carbocycles. The van der Waals surface area contributed by atoms with Crippen molar-refractivity contribution in [2.75, 3.05) is 49.1 Å². The summed E-state index contributed by atoms with van der Waals surface area (Å²) in [5.74, 6) is 0.825. The minimum Gasteiger partial charge on any atom is -0.368 e. The lowest BCUT2D eigenvalue weighted by Gasteiger charge is -2.37. The minimum absolute atomic E-state index is 0.0462. The normalized spacial score (nSPS) is 17.7. The van der Waals surface area contributed by atoms with E-state index in [-0.39, 0.29) is 5.91 Å². The van der Waals surface area contributed by atoms with Crippen LogP contribution in [0.25, 0.3) is 0 Å². The van der Waals surface area contributed by atoms with Crippen molar-refractivity contribution < 1.29 is 4.79 Å². The first-order valence-electron chi connectivity index (χ1n) is 10.1. The van der Waals surface area contributed by atoms with Gasteiger partial charge in [-0.15, -0.1) is 0 Å². The van der Waals surface area contributed by atoms with Gasteiger partial charge in [0, 0.05) is 51.2 Å². The van der Waals surface area contributed by atoms with Crippen LogP contribution in [-0.4, -0.2) is 55.1 Å². The molecule has 4 rings (SSSR count). The predicted octanol–water partition coefficient (Wildman–Crippen LogP) is 4.00. The van der Waals surface area contributed by atoms with Crippen molar-refractivity contribution >= 4 is 29.0 Å². The Morgan fingerprint density at radius 1 is 0.964 bits per heavy atom. The summed E-state index contributed by atoms with van der Waals surface area (Å²) in [5.41, 5.74) is 3.13. The first kappa shape index (κ1) is 19.1. The van der Waals surface area contributed by atoms with Gasteiger partial charge in [0.1, 0.15) is 5.82 Å². The summed E-state index contributed by atoms with van der Waals surface area (Å²) in [6, 6.07) is 10.4. The molecule has 1 amide bonds. The summed E-state index contributed by atoms with van der Waals surface area (Å²) in [4.78, 5) is 23.8. The maximum absolute atomic E-state index is 12.7. The second-order valence-corrected chi connectivity index (χ2v) is 8.10. The van der Waals surface area contributed by atoms with Gasteiger partial charge in [0.05, 0.1) is 10.6 Å². The number of pyridine rings is 1. The molecule has 6 heteroatoms. The van der Waals surface area contributed by atoms with Crippen LogP contribution in [-0.2, 0) is 0 Å². The van der Waals surface area contributed by atoms with E-state index in [1.54, 1.807) is 12.3 Å². The molecule has 0 spiro atoms. The Bertz CT molecular complexity index is 842. The summed E-state index contributed by atoms with van der Waals surface area (Å²) in [6.45, 7) is 7.36. The molecule has 2 aliphatic rings. The number of piperazine rings is 1. The second kappa shape index (κ2) is 8.39. The number of hydrogen-bond acceptors (Lipinski definition) is 4. The highest BCUT2D eigenvalue weighted by Crippen LogP contribution is 2.27. The number of anilines is 2. The van der Waals surface area contributed by atoms with Crippen molar-refractivity contribution in [1.29, 1.82) is 0 Å². The molecule has 3 heterocycles. The third-order valence-electron chi connectivity index (χ3n) is 5.66. The number of carbonyl (C=O) groups is 1. The number of hydrogen-bond donors (Lipinski definition) is 0. The van der Waals surface area contributed by atoms with Crippen molar-refractivity contribution in [3.8, 4) is 0 Å². The number of piperidine rings is 1. The van der Waals surface area contributed by atoms with Crippen LogP contribution >= 0.6 is 11.6 Å². The molecule has 0 radical (unpaired) electrons. The van der Waals surface area contributed by atoms with Gasteiger partial charge in [-0.3, -0.25) is 4.79 Å². The Balaban J connectivity index is 1.42. The van der Waals surface area contributed by atoms with E-state index in [0.717, 1.165) is 57.9 Å². The zero-order valence-corrected chi connectivity index (χ0v) is 17.2. The van der Waals surface area contributed by atoms with Gasteiger partial charge in [-0.2, -0.15) is 0 Å². The third kappa shape index (κ3) is 4.09. The van der Waals surface area contributed by atoms with Gasteiger partial charge in [0.2, 0.25) is 0 Å². The second-order valence-electron chi connectivity index (χ2n) is 7.70. The zero-order chi connectivity index (χ0) is 19.5. The molecule has 0 N–H and O–H groups in total. The monoisotopic (exact) mass is 398 g/mol. The van der Waals surface area contributed by atoms with Gasteiger partial charge in [0.15, 0.2) is 0 Å². The van der Waals surface area contributed by atoms with E-state index in [4.69, 9.17) is 11.6 Å². The van der Waals surface area contributed by atoms with Gasteiger partial charge in [-0.25, -0.2) is 4.98 Å². The molecule has 5 nitrogen and oxygen atoms in total. The Labute approximate surface area is 171 Å². The largest absolute Gasteiger partial charge is 0.368 e. The van der Waals surface area contributed by atoms with E-state index in [2.05, 4.69) is 46.0 Å². The lowest BCUT2D eigenvalue weighted by atomic mass is 10.1. The maximum atomic E-state index is 12.7. The summed E-state index contributed by atoms with van der Waals surface area (Å²) in [5, 5.41) is 0.562. The molecule has 0 saturated carbocycles. The van der Waals surface area contributed by atoms with Gasteiger partial charge >= 0.3 is 0 Å². The van der Waals surface area contributed by atoms with Crippen LogP contribution in [0.5, 0.6) is 0 Å². The lowest BCUT2D eigenvalue weighted by Crippen LogP contribution is -2.47. The fourth-order valence-corrected chi connectivity index (χ4v) is 4.35. The summed E-state index contributed by atoms with van der Waals surface area (Å²) >= 11 is 6.53. The average Bonchev–Trinajstić information content (AvgIpc) is 2.74. The maximum Gasteiger partial charge on any atom is 0.255 e. The molecule has 2 aromatic rings. The van der Waals surface area contributed by atoms with Crippen molar-refractivity contribution in [3.63, 3.8) is 0 Å². The number of halogens is 1.